The third kappa shape index (κ3) is 4.44. The smallest absolute Gasteiger partial charge is 0.274 e. The van der Waals surface area contributed by atoms with Gasteiger partial charge < -0.3 is 5.11 Å². The zero-order valence-corrected chi connectivity index (χ0v) is 17.6. The van der Waals surface area contributed by atoms with Gasteiger partial charge in [-0.3, -0.25) is 9.52 Å². The number of benzene rings is 3. The zero-order valence-electron chi connectivity index (χ0n) is 16.8. The number of hydrogen-bond acceptors (Lipinski definition) is 5. The van der Waals surface area contributed by atoms with E-state index >= 15 is 0 Å². The molecule has 158 valence electrons. The number of phenolic OH excluding ortho intramolecular Hbond substituents is 1. The van der Waals surface area contributed by atoms with Crippen molar-refractivity contribution >= 4 is 27.3 Å². The molecule has 0 radical (unpaired) electrons. The summed E-state index contributed by atoms with van der Waals surface area (Å²) in [4.78, 5) is 13.3. The summed E-state index contributed by atoms with van der Waals surface area (Å²) < 4.78 is 26.3. The van der Waals surface area contributed by atoms with Crippen molar-refractivity contribution in [3.05, 3.63) is 95.6 Å². The lowest BCUT2D eigenvalue weighted by Crippen LogP contribution is -2.28. The molecule has 0 bridgehead atoms. The SMILES string of the molecule is CS(=O)(=O)Nc1ccccc1[C@H]1CC(c2ccccc2O)=NN1C(=O)c1ccccc1. The van der Waals surface area contributed by atoms with Crippen molar-refractivity contribution in [2.45, 2.75) is 12.5 Å². The predicted octanol–water partition coefficient (Wildman–Crippen LogP) is 3.76. The lowest BCUT2D eigenvalue weighted by molar-refractivity contribution is 0.0712. The summed E-state index contributed by atoms with van der Waals surface area (Å²) in [6.45, 7) is 0. The van der Waals surface area contributed by atoms with E-state index in [1.54, 1.807) is 72.8 Å². The van der Waals surface area contributed by atoms with Crippen LogP contribution in [0.3, 0.4) is 0 Å². The van der Waals surface area contributed by atoms with Crippen LogP contribution in [-0.2, 0) is 10.0 Å². The zero-order chi connectivity index (χ0) is 22.0. The number of sulfonamides is 1. The summed E-state index contributed by atoms with van der Waals surface area (Å²) in [7, 11) is -3.52. The summed E-state index contributed by atoms with van der Waals surface area (Å²) in [5.41, 5.74) is 2.54. The first-order valence-corrected chi connectivity index (χ1v) is 11.5. The molecule has 1 aliphatic heterocycles. The molecule has 0 saturated carbocycles. The second kappa shape index (κ2) is 8.23. The fourth-order valence-corrected chi connectivity index (χ4v) is 4.20. The highest BCUT2D eigenvalue weighted by Gasteiger charge is 2.35. The standard InChI is InChI=1S/C23H21N3O4S/c1-31(29,30)25-19-13-7-5-11-17(19)21-15-20(18-12-6-8-14-22(18)27)24-26(21)23(28)16-9-3-2-4-10-16/h2-14,21,25,27H,15H2,1H3/t21-/m1/s1. The van der Waals surface area contributed by atoms with Gasteiger partial charge in [0.1, 0.15) is 5.75 Å². The third-order valence-corrected chi connectivity index (χ3v) is 5.56. The van der Waals surface area contributed by atoms with E-state index in [1.807, 2.05) is 6.07 Å². The topological polar surface area (TPSA) is 99.1 Å². The highest BCUT2D eigenvalue weighted by Crippen LogP contribution is 2.38. The third-order valence-electron chi connectivity index (χ3n) is 4.97. The van der Waals surface area contributed by atoms with Gasteiger partial charge in [0.2, 0.25) is 10.0 Å². The Morgan fingerprint density at radius 2 is 1.65 bits per heavy atom. The average molecular weight is 436 g/mol. The number of carbonyl (C=O) groups excluding carboxylic acids is 1. The molecule has 31 heavy (non-hydrogen) atoms. The molecular weight excluding hydrogens is 414 g/mol. The van der Waals surface area contributed by atoms with Crippen molar-refractivity contribution in [3.63, 3.8) is 0 Å². The molecule has 7 nitrogen and oxygen atoms in total. The number of hydrazone groups is 1. The van der Waals surface area contributed by atoms with Crippen LogP contribution in [0.4, 0.5) is 5.69 Å². The first kappa shape index (κ1) is 20.6. The van der Waals surface area contributed by atoms with E-state index < -0.39 is 16.1 Å². The predicted molar refractivity (Wildman–Crippen MR) is 120 cm³/mol. The van der Waals surface area contributed by atoms with Crippen molar-refractivity contribution in [2.24, 2.45) is 5.10 Å². The van der Waals surface area contributed by atoms with Crippen molar-refractivity contribution in [3.8, 4) is 5.75 Å². The molecular formula is C23H21N3O4S. The Bertz CT molecular complexity index is 1260. The quantitative estimate of drug-likeness (QED) is 0.637. The van der Waals surface area contributed by atoms with Gasteiger partial charge in [-0.15, -0.1) is 0 Å². The first-order chi connectivity index (χ1) is 14.8. The number of aromatic hydroxyl groups is 1. The van der Waals surface area contributed by atoms with Crippen LogP contribution in [0.1, 0.15) is 33.9 Å². The molecule has 0 unspecified atom stereocenters. The Hall–Kier alpha value is -3.65. The van der Waals surface area contributed by atoms with E-state index in [0.717, 1.165) is 6.26 Å². The molecule has 1 heterocycles. The Balaban J connectivity index is 1.80. The maximum absolute atomic E-state index is 13.3. The average Bonchev–Trinajstić information content (AvgIpc) is 3.18. The van der Waals surface area contributed by atoms with Crippen LogP contribution in [0, 0.1) is 0 Å². The number of carbonyl (C=O) groups is 1. The van der Waals surface area contributed by atoms with Crippen LogP contribution in [0.2, 0.25) is 0 Å². The number of amides is 1. The number of para-hydroxylation sites is 2. The second-order valence-corrected chi connectivity index (χ2v) is 9.01. The van der Waals surface area contributed by atoms with E-state index in [4.69, 9.17) is 0 Å². The molecule has 3 aromatic rings. The highest BCUT2D eigenvalue weighted by molar-refractivity contribution is 7.92. The van der Waals surface area contributed by atoms with Gasteiger partial charge in [0, 0.05) is 23.1 Å². The van der Waals surface area contributed by atoms with Gasteiger partial charge in [0.15, 0.2) is 0 Å². The molecule has 1 aliphatic rings. The molecule has 1 atom stereocenters. The van der Waals surface area contributed by atoms with Crippen LogP contribution in [0.5, 0.6) is 5.75 Å². The van der Waals surface area contributed by atoms with Crippen LogP contribution in [0.25, 0.3) is 0 Å². The van der Waals surface area contributed by atoms with Crippen molar-refractivity contribution < 1.29 is 18.3 Å². The maximum Gasteiger partial charge on any atom is 0.274 e. The van der Waals surface area contributed by atoms with E-state index in [-0.39, 0.29) is 11.7 Å². The van der Waals surface area contributed by atoms with Crippen molar-refractivity contribution in [2.75, 3.05) is 11.0 Å². The Kier molecular flexibility index (Phi) is 5.48. The normalized spacial score (nSPS) is 16.1. The molecule has 0 aliphatic carbocycles. The van der Waals surface area contributed by atoms with Crippen LogP contribution in [0.15, 0.2) is 84.0 Å². The van der Waals surface area contributed by atoms with Gasteiger partial charge in [-0.2, -0.15) is 5.10 Å². The number of anilines is 1. The lowest BCUT2D eigenvalue weighted by atomic mass is 9.96. The number of phenols is 1. The highest BCUT2D eigenvalue weighted by atomic mass is 32.2. The fraction of sp³-hybridized carbons (Fsp3) is 0.130. The minimum atomic E-state index is -3.52. The van der Waals surface area contributed by atoms with E-state index in [0.29, 0.717) is 34.5 Å². The van der Waals surface area contributed by atoms with Crippen LogP contribution >= 0.6 is 0 Å². The molecule has 0 fully saturated rings. The molecule has 1 amide bonds. The van der Waals surface area contributed by atoms with Gasteiger partial charge in [0.25, 0.3) is 5.91 Å². The van der Waals surface area contributed by atoms with E-state index in [9.17, 15) is 18.3 Å². The van der Waals surface area contributed by atoms with Gasteiger partial charge in [-0.25, -0.2) is 13.4 Å². The van der Waals surface area contributed by atoms with Gasteiger partial charge in [0.05, 0.1) is 23.7 Å². The first-order valence-electron chi connectivity index (χ1n) is 9.64. The summed E-state index contributed by atoms with van der Waals surface area (Å²) in [5.74, 6) is -0.248. The summed E-state index contributed by atoms with van der Waals surface area (Å²) >= 11 is 0. The maximum atomic E-state index is 13.3. The molecule has 2 N–H and O–H groups in total. The fourth-order valence-electron chi connectivity index (χ4n) is 3.61. The number of hydrogen-bond donors (Lipinski definition) is 2. The van der Waals surface area contributed by atoms with Crippen LogP contribution < -0.4 is 4.72 Å². The summed E-state index contributed by atoms with van der Waals surface area (Å²) in [6, 6.07) is 21.9. The molecule has 0 saturated heterocycles. The number of nitrogens with zero attached hydrogens (tertiary/aromatic N) is 2. The Morgan fingerprint density at radius 3 is 2.35 bits per heavy atom. The minimum Gasteiger partial charge on any atom is -0.507 e. The van der Waals surface area contributed by atoms with Gasteiger partial charge >= 0.3 is 0 Å². The molecule has 3 aromatic carbocycles. The molecule has 4 rings (SSSR count). The Labute approximate surface area is 180 Å². The van der Waals surface area contributed by atoms with Crippen LogP contribution in [-0.4, -0.2) is 36.4 Å². The summed E-state index contributed by atoms with van der Waals surface area (Å²) in [5, 5.41) is 16.2. The summed E-state index contributed by atoms with van der Waals surface area (Å²) in [6.07, 6.45) is 1.40. The van der Waals surface area contributed by atoms with E-state index in [1.165, 1.54) is 5.01 Å². The molecule has 0 spiro atoms. The number of rotatable bonds is 5. The lowest BCUT2D eigenvalue weighted by Gasteiger charge is -2.24. The second-order valence-electron chi connectivity index (χ2n) is 7.26. The molecule has 8 heteroatoms. The largest absolute Gasteiger partial charge is 0.507 e. The van der Waals surface area contributed by atoms with Crippen molar-refractivity contribution in [1.82, 2.24) is 5.01 Å². The van der Waals surface area contributed by atoms with E-state index in [2.05, 4.69) is 9.82 Å². The number of nitrogens with one attached hydrogen (secondary N) is 1. The monoisotopic (exact) mass is 435 g/mol. The minimum absolute atomic E-state index is 0.0663. The van der Waals surface area contributed by atoms with Gasteiger partial charge in [-0.1, -0.05) is 48.5 Å². The van der Waals surface area contributed by atoms with Gasteiger partial charge in [-0.05, 0) is 30.3 Å². The Morgan fingerprint density at radius 1 is 1.00 bits per heavy atom. The van der Waals surface area contributed by atoms with Crippen molar-refractivity contribution in [1.29, 1.82) is 0 Å². The molecule has 0 aromatic heterocycles.